The van der Waals surface area contributed by atoms with Gasteiger partial charge in [0.25, 0.3) is 5.56 Å². The van der Waals surface area contributed by atoms with E-state index in [1.165, 1.54) is 17.2 Å². The summed E-state index contributed by atoms with van der Waals surface area (Å²) in [5.74, 6) is -0.0261. The number of methoxy groups -OCH3 is 1. The Bertz CT molecular complexity index is 1250. The van der Waals surface area contributed by atoms with E-state index in [9.17, 15) is 14.4 Å². The zero-order chi connectivity index (χ0) is 20.9. The third-order valence-corrected chi connectivity index (χ3v) is 5.60. The van der Waals surface area contributed by atoms with Crippen LogP contribution in [0.5, 0.6) is 0 Å². The van der Waals surface area contributed by atoms with Crippen molar-refractivity contribution in [2.75, 3.05) is 18.6 Å². The Balaban J connectivity index is 1.98. The fourth-order valence-electron chi connectivity index (χ4n) is 3.85. The molecule has 0 radical (unpaired) electrons. The average Bonchev–Trinajstić information content (AvgIpc) is 3.11. The molecule has 0 N–H and O–H groups in total. The molecule has 1 aliphatic heterocycles. The summed E-state index contributed by atoms with van der Waals surface area (Å²) in [4.78, 5) is 44.2. The molecular weight excluding hydrogens is 374 g/mol. The predicted molar refractivity (Wildman–Crippen MR) is 109 cm³/mol. The van der Waals surface area contributed by atoms with Gasteiger partial charge in [0, 0.05) is 25.8 Å². The topological polar surface area (TPSA) is 91.4 Å². The maximum Gasteiger partial charge on any atom is 0.333 e. The highest BCUT2D eigenvalue weighted by Gasteiger charge is 2.28. The Morgan fingerprint density at radius 3 is 2.69 bits per heavy atom. The number of aryl methyl sites for hydroxylation is 3. The van der Waals surface area contributed by atoms with Crippen LogP contribution in [0.25, 0.3) is 11.2 Å². The molecule has 0 aliphatic carbocycles. The predicted octanol–water partition coefficient (Wildman–Crippen LogP) is 1.23. The number of ether oxygens (including phenoxy) is 1. The van der Waals surface area contributed by atoms with Crippen LogP contribution in [-0.4, -0.2) is 38.3 Å². The molecule has 9 heteroatoms. The lowest BCUT2D eigenvalue weighted by Crippen LogP contribution is -2.41. The van der Waals surface area contributed by atoms with Crippen molar-refractivity contribution in [3.05, 3.63) is 50.2 Å². The Kier molecular flexibility index (Phi) is 4.52. The molecule has 1 aliphatic rings. The fraction of sp³-hybridized carbons (Fsp3) is 0.400. The first-order chi connectivity index (χ1) is 13.8. The van der Waals surface area contributed by atoms with Gasteiger partial charge in [-0.2, -0.15) is 4.98 Å². The van der Waals surface area contributed by atoms with E-state index in [4.69, 9.17) is 0 Å². The lowest BCUT2D eigenvalue weighted by Gasteiger charge is -2.30. The highest BCUT2D eigenvalue weighted by atomic mass is 16.5. The normalized spacial score (nSPS) is 13.6. The summed E-state index contributed by atoms with van der Waals surface area (Å²) in [5.41, 5.74) is 2.85. The van der Waals surface area contributed by atoms with Gasteiger partial charge in [0.2, 0.25) is 5.95 Å². The minimum atomic E-state index is -0.654. The summed E-state index contributed by atoms with van der Waals surface area (Å²) in [6.07, 6.45) is 0.825. The molecule has 0 fully saturated rings. The molecule has 1 aromatic carbocycles. The molecule has 0 unspecified atom stereocenters. The van der Waals surface area contributed by atoms with Gasteiger partial charge in [-0.25, -0.2) is 9.36 Å². The quantitative estimate of drug-likeness (QED) is 0.618. The minimum Gasteiger partial charge on any atom is -0.468 e. The van der Waals surface area contributed by atoms with Crippen LogP contribution in [-0.2, 0) is 29.7 Å². The van der Waals surface area contributed by atoms with Crippen LogP contribution in [0.2, 0.25) is 0 Å². The molecule has 0 spiro atoms. The van der Waals surface area contributed by atoms with Crippen molar-refractivity contribution in [1.82, 2.24) is 18.7 Å². The van der Waals surface area contributed by atoms with Crippen LogP contribution in [0.4, 0.5) is 11.6 Å². The van der Waals surface area contributed by atoms with Gasteiger partial charge in [0.1, 0.15) is 6.54 Å². The highest BCUT2D eigenvalue weighted by Crippen LogP contribution is 2.33. The SMILES string of the molecule is COC(=O)Cn1c(=O)c2c(nc3n2CCCN3c2cccc(C)c2C)n(C)c1=O. The van der Waals surface area contributed by atoms with E-state index in [0.717, 1.165) is 28.8 Å². The zero-order valence-electron chi connectivity index (χ0n) is 16.9. The molecule has 0 saturated heterocycles. The van der Waals surface area contributed by atoms with Crippen molar-refractivity contribution in [3.63, 3.8) is 0 Å². The van der Waals surface area contributed by atoms with E-state index >= 15 is 0 Å². The first-order valence-corrected chi connectivity index (χ1v) is 9.45. The Labute approximate surface area is 166 Å². The first kappa shape index (κ1) is 19.0. The molecule has 9 nitrogen and oxygen atoms in total. The number of imidazole rings is 1. The van der Waals surface area contributed by atoms with E-state index in [-0.39, 0.29) is 0 Å². The van der Waals surface area contributed by atoms with Crippen molar-refractivity contribution in [3.8, 4) is 0 Å². The summed E-state index contributed by atoms with van der Waals surface area (Å²) < 4.78 is 8.69. The minimum absolute atomic E-state index is 0.313. The standard InChI is InChI=1S/C20H23N5O4/c1-12-7-5-8-14(13(12)2)23-9-6-10-24-16-17(21-19(23)24)22(3)20(28)25(18(16)27)11-15(26)29-4/h5,7-8H,6,9-11H2,1-4H3. The third kappa shape index (κ3) is 2.84. The van der Waals surface area contributed by atoms with E-state index < -0.39 is 23.8 Å². The van der Waals surface area contributed by atoms with Gasteiger partial charge in [-0.1, -0.05) is 12.1 Å². The molecule has 0 bridgehead atoms. The van der Waals surface area contributed by atoms with Gasteiger partial charge in [-0.15, -0.1) is 0 Å². The summed E-state index contributed by atoms with van der Waals surface area (Å²) >= 11 is 0. The smallest absolute Gasteiger partial charge is 0.333 e. The molecular formula is C20H23N5O4. The number of aromatic nitrogens is 4. The lowest BCUT2D eigenvalue weighted by molar-refractivity contribution is -0.141. The van der Waals surface area contributed by atoms with Crippen molar-refractivity contribution < 1.29 is 9.53 Å². The largest absolute Gasteiger partial charge is 0.468 e. The molecule has 3 aromatic rings. The van der Waals surface area contributed by atoms with Crippen molar-refractivity contribution in [2.45, 2.75) is 33.4 Å². The van der Waals surface area contributed by atoms with Crippen LogP contribution in [0.15, 0.2) is 27.8 Å². The molecule has 4 rings (SSSR count). The van der Waals surface area contributed by atoms with Gasteiger partial charge in [-0.05, 0) is 37.5 Å². The second-order valence-electron chi connectivity index (χ2n) is 7.27. The van der Waals surface area contributed by atoms with Gasteiger partial charge in [0.05, 0.1) is 7.11 Å². The van der Waals surface area contributed by atoms with Crippen molar-refractivity contribution in [1.29, 1.82) is 0 Å². The Morgan fingerprint density at radius 2 is 1.97 bits per heavy atom. The summed E-state index contributed by atoms with van der Waals surface area (Å²) in [6.45, 7) is 5.06. The number of nitrogens with zero attached hydrogens (tertiary/aromatic N) is 5. The molecule has 0 atom stereocenters. The fourth-order valence-corrected chi connectivity index (χ4v) is 3.85. The summed E-state index contributed by atoms with van der Waals surface area (Å²) in [7, 11) is 2.78. The van der Waals surface area contributed by atoms with Crippen LogP contribution >= 0.6 is 0 Å². The number of carbonyl (C=O) groups excluding carboxylic acids is 1. The first-order valence-electron chi connectivity index (χ1n) is 9.45. The molecule has 0 saturated carbocycles. The highest BCUT2D eigenvalue weighted by molar-refractivity contribution is 5.78. The van der Waals surface area contributed by atoms with Crippen molar-refractivity contribution in [2.24, 2.45) is 7.05 Å². The van der Waals surface area contributed by atoms with Crippen LogP contribution in [0.1, 0.15) is 17.5 Å². The van der Waals surface area contributed by atoms with Crippen LogP contribution in [0.3, 0.4) is 0 Å². The molecule has 0 amide bonds. The number of fused-ring (bicyclic) bond motifs is 3. The van der Waals surface area contributed by atoms with Crippen LogP contribution < -0.4 is 16.1 Å². The lowest BCUT2D eigenvalue weighted by atomic mass is 10.1. The Hall–Kier alpha value is -3.36. The van der Waals surface area contributed by atoms with Gasteiger partial charge >= 0.3 is 11.7 Å². The average molecular weight is 397 g/mol. The summed E-state index contributed by atoms with van der Waals surface area (Å²) in [6, 6.07) is 6.09. The van der Waals surface area contributed by atoms with Gasteiger partial charge < -0.3 is 14.2 Å². The monoisotopic (exact) mass is 397 g/mol. The molecule has 152 valence electrons. The molecule has 3 heterocycles. The third-order valence-electron chi connectivity index (χ3n) is 5.60. The van der Waals surface area contributed by atoms with Gasteiger partial charge in [-0.3, -0.25) is 14.2 Å². The van der Waals surface area contributed by atoms with Gasteiger partial charge in [0.15, 0.2) is 11.2 Å². The second kappa shape index (κ2) is 6.91. The van der Waals surface area contributed by atoms with E-state index in [2.05, 4.69) is 34.5 Å². The van der Waals surface area contributed by atoms with E-state index in [0.29, 0.717) is 23.7 Å². The number of hydrogen-bond donors (Lipinski definition) is 0. The zero-order valence-corrected chi connectivity index (χ0v) is 16.9. The molecule has 29 heavy (non-hydrogen) atoms. The molecule has 2 aromatic heterocycles. The number of benzene rings is 1. The number of hydrogen-bond acceptors (Lipinski definition) is 6. The van der Waals surface area contributed by atoms with Crippen LogP contribution in [0, 0.1) is 13.8 Å². The number of anilines is 2. The number of rotatable bonds is 3. The number of carbonyl (C=O) groups is 1. The Morgan fingerprint density at radius 1 is 1.21 bits per heavy atom. The van der Waals surface area contributed by atoms with Crippen molar-refractivity contribution >= 4 is 28.8 Å². The maximum absolute atomic E-state index is 13.1. The number of esters is 1. The summed E-state index contributed by atoms with van der Waals surface area (Å²) in [5, 5.41) is 0. The van der Waals surface area contributed by atoms with E-state index in [1.54, 1.807) is 7.05 Å². The maximum atomic E-state index is 13.1. The second-order valence-corrected chi connectivity index (χ2v) is 7.27. The van der Waals surface area contributed by atoms with E-state index in [1.807, 2.05) is 16.7 Å².